The van der Waals surface area contributed by atoms with Crippen molar-refractivity contribution in [3.8, 4) is 5.75 Å². The van der Waals surface area contributed by atoms with E-state index in [1.54, 1.807) is 21.1 Å². The third-order valence-electron chi connectivity index (χ3n) is 7.00. The highest BCUT2D eigenvalue weighted by molar-refractivity contribution is 5.86. The number of amides is 2. The number of likely N-dealkylation sites (tertiary alicyclic amines) is 2. The maximum absolute atomic E-state index is 13.4. The van der Waals surface area contributed by atoms with Gasteiger partial charge in [-0.25, -0.2) is 0 Å². The van der Waals surface area contributed by atoms with E-state index in [9.17, 15) is 9.59 Å². The number of methoxy groups -OCH3 is 2. The standard InChI is InChI=1S/C22H31N3O4.ClH/c1-15(26)25-13-17-12-24(21(27)22(29-3)8-10-23-11-9-22)14-19(17)20(25)16-4-6-18(28-2)7-5-16;/h4-7,17,19-20,23H,8-14H2,1-3H3;1H/t17-,19-,20+;/m1./s1. The average Bonchev–Trinajstić information content (AvgIpc) is 3.32. The lowest BCUT2D eigenvalue weighted by Gasteiger charge is -2.38. The highest BCUT2D eigenvalue weighted by atomic mass is 35.5. The summed E-state index contributed by atoms with van der Waals surface area (Å²) in [7, 11) is 3.30. The number of benzene rings is 1. The number of ether oxygens (including phenoxy) is 2. The van der Waals surface area contributed by atoms with Crippen molar-refractivity contribution in [2.45, 2.75) is 31.4 Å². The number of halogens is 1. The van der Waals surface area contributed by atoms with Crippen LogP contribution in [-0.2, 0) is 14.3 Å². The van der Waals surface area contributed by atoms with Gasteiger partial charge in [-0.1, -0.05) is 12.1 Å². The van der Waals surface area contributed by atoms with Gasteiger partial charge < -0.3 is 24.6 Å². The minimum absolute atomic E-state index is 0. The van der Waals surface area contributed by atoms with Crippen LogP contribution >= 0.6 is 12.4 Å². The lowest BCUT2D eigenvalue weighted by molar-refractivity contribution is -0.157. The van der Waals surface area contributed by atoms with Gasteiger partial charge in [0.2, 0.25) is 5.91 Å². The second-order valence-corrected chi connectivity index (χ2v) is 8.47. The Morgan fingerprint density at radius 3 is 2.30 bits per heavy atom. The molecule has 4 rings (SSSR count). The second-order valence-electron chi connectivity index (χ2n) is 8.47. The number of hydrogen-bond donors (Lipinski definition) is 1. The number of carbonyl (C=O) groups excluding carboxylic acids is 2. The summed E-state index contributed by atoms with van der Waals surface area (Å²) in [6, 6.07) is 7.94. The van der Waals surface area contributed by atoms with Crippen molar-refractivity contribution in [2.75, 3.05) is 46.9 Å². The van der Waals surface area contributed by atoms with E-state index >= 15 is 0 Å². The van der Waals surface area contributed by atoms with Gasteiger partial charge in [-0.3, -0.25) is 9.59 Å². The molecule has 0 aromatic heterocycles. The Morgan fingerprint density at radius 2 is 1.73 bits per heavy atom. The van der Waals surface area contributed by atoms with Crippen LogP contribution < -0.4 is 10.1 Å². The van der Waals surface area contributed by atoms with E-state index < -0.39 is 5.60 Å². The van der Waals surface area contributed by atoms with Crippen molar-refractivity contribution in [1.82, 2.24) is 15.1 Å². The summed E-state index contributed by atoms with van der Waals surface area (Å²) in [4.78, 5) is 29.7. The molecule has 0 spiro atoms. The first-order chi connectivity index (χ1) is 14.0. The van der Waals surface area contributed by atoms with E-state index in [1.165, 1.54) is 0 Å². The van der Waals surface area contributed by atoms with Crippen LogP contribution in [0.1, 0.15) is 31.4 Å². The third kappa shape index (κ3) is 3.90. The number of fused-ring (bicyclic) bond motifs is 1. The van der Waals surface area contributed by atoms with Crippen LogP contribution in [0.3, 0.4) is 0 Å². The van der Waals surface area contributed by atoms with Crippen LogP contribution in [0.15, 0.2) is 24.3 Å². The minimum atomic E-state index is -0.709. The first kappa shape index (κ1) is 22.8. The molecule has 1 aromatic rings. The summed E-state index contributed by atoms with van der Waals surface area (Å²) in [5, 5.41) is 3.31. The molecule has 2 amide bonds. The Bertz CT molecular complexity index is 766. The van der Waals surface area contributed by atoms with Crippen LogP contribution in [0.2, 0.25) is 0 Å². The Kier molecular flexibility index (Phi) is 6.95. The number of hydrogen-bond acceptors (Lipinski definition) is 5. The van der Waals surface area contributed by atoms with Crippen molar-refractivity contribution in [2.24, 2.45) is 11.8 Å². The second kappa shape index (κ2) is 9.12. The summed E-state index contributed by atoms with van der Waals surface area (Å²) >= 11 is 0. The molecule has 0 bridgehead atoms. The monoisotopic (exact) mass is 437 g/mol. The molecule has 3 fully saturated rings. The normalized spacial score (nSPS) is 27.4. The Labute approximate surface area is 184 Å². The van der Waals surface area contributed by atoms with Crippen molar-refractivity contribution in [3.63, 3.8) is 0 Å². The number of carbonyl (C=O) groups is 2. The molecular weight excluding hydrogens is 406 g/mol. The molecule has 30 heavy (non-hydrogen) atoms. The smallest absolute Gasteiger partial charge is 0.254 e. The number of rotatable bonds is 4. The van der Waals surface area contributed by atoms with Gasteiger partial charge in [-0.05, 0) is 43.6 Å². The van der Waals surface area contributed by atoms with Crippen molar-refractivity contribution < 1.29 is 19.1 Å². The molecule has 3 aliphatic rings. The van der Waals surface area contributed by atoms with Crippen LogP contribution in [0.5, 0.6) is 5.75 Å². The average molecular weight is 438 g/mol. The SMILES string of the molecule is COc1ccc([C@H]2[C@@H]3CN(C(=O)C4(OC)CCNCC4)C[C@@H]3CN2C(C)=O)cc1.Cl. The molecule has 166 valence electrons. The molecule has 1 aromatic carbocycles. The number of nitrogens with one attached hydrogen (secondary N) is 1. The van der Waals surface area contributed by atoms with E-state index in [4.69, 9.17) is 9.47 Å². The van der Waals surface area contributed by atoms with Gasteiger partial charge in [0.15, 0.2) is 0 Å². The van der Waals surface area contributed by atoms with E-state index in [1.807, 2.05) is 34.1 Å². The Balaban J connectivity index is 0.00000256. The summed E-state index contributed by atoms with van der Waals surface area (Å²) in [5.74, 6) is 1.54. The fraction of sp³-hybridized carbons (Fsp3) is 0.636. The topological polar surface area (TPSA) is 71.1 Å². The maximum Gasteiger partial charge on any atom is 0.254 e. The zero-order valence-electron chi connectivity index (χ0n) is 17.9. The van der Waals surface area contributed by atoms with Gasteiger partial charge in [0.05, 0.1) is 13.2 Å². The van der Waals surface area contributed by atoms with Crippen LogP contribution in [0.25, 0.3) is 0 Å². The van der Waals surface area contributed by atoms with Gasteiger partial charge in [-0.2, -0.15) is 0 Å². The Morgan fingerprint density at radius 1 is 1.07 bits per heavy atom. The number of piperidine rings is 1. The molecule has 7 nitrogen and oxygen atoms in total. The molecule has 1 N–H and O–H groups in total. The molecule has 3 saturated heterocycles. The van der Waals surface area contributed by atoms with Crippen LogP contribution in [0.4, 0.5) is 0 Å². The number of nitrogens with zero attached hydrogens (tertiary/aromatic N) is 2. The molecule has 0 aliphatic carbocycles. The van der Waals surface area contributed by atoms with Gasteiger partial charge in [0.25, 0.3) is 5.91 Å². The zero-order valence-corrected chi connectivity index (χ0v) is 18.7. The van der Waals surface area contributed by atoms with Crippen molar-refractivity contribution in [1.29, 1.82) is 0 Å². The molecule has 0 unspecified atom stereocenters. The molecular formula is C22H32ClN3O4. The molecule has 8 heteroatoms. The van der Waals surface area contributed by atoms with E-state index in [0.29, 0.717) is 38.4 Å². The molecule has 3 aliphatic heterocycles. The fourth-order valence-corrected chi connectivity index (χ4v) is 5.39. The van der Waals surface area contributed by atoms with Gasteiger partial charge in [0, 0.05) is 45.5 Å². The quantitative estimate of drug-likeness (QED) is 0.778. The van der Waals surface area contributed by atoms with Gasteiger partial charge >= 0.3 is 0 Å². The lowest BCUT2D eigenvalue weighted by atomic mass is 9.89. The predicted molar refractivity (Wildman–Crippen MR) is 116 cm³/mol. The summed E-state index contributed by atoms with van der Waals surface area (Å²) in [5.41, 5.74) is 0.394. The van der Waals surface area contributed by atoms with Crippen LogP contribution in [-0.4, -0.2) is 74.2 Å². The van der Waals surface area contributed by atoms with E-state index in [0.717, 1.165) is 24.4 Å². The minimum Gasteiger partial charge on any atom is -0.497 e. The van der Waals surface area contributed by atoms with Crippen molar-refractivity contribution >= 4 is 24.2 Å². The van der Waals surface area contributed by atoms with Crippen molar-refractivity contribution in [3.05, 3.63) is 29.8 Å². The third-order valence-corrected chi connectivity index (χ3v) is 7.00. The predicted octanol–water partition coefficient (Wildman–Crippen LogP) is 1.86. The van der Waals surface area contributed by atoms with Gasteiger partial charge in [0.1, 0.15) is 11.4 Å². The first-order valence-electron chi connectivity index (χ1n) is 10.5. The molecule has 3 atom stereocenters. The zero-order chi connectivity index (χ0) is 20.6. The fourth-order valence-electron chi connectivity index (χ4n) is 5.39. The van der Waals surface area contributed by atoms with Gasteiger partial charge in [-0.15, -0.1) is 12.4 Å². The summed E-state index contributed by atoms with van der Waals surface area (Å²) in [6.07, 6.45) is 1.41. The lowest BCUT2D eigenvalue weighted by Crippen LogP contribution is -2.55. The summed E-state index contributed by atoms with van der Waals surface area (Å²) < 4.78 is 11.0. The maximum atomic E-state index is 13.4. The summed E-state index contributed by atoms with van der Waals surface area (Å²) in [6.45, 7) is 5.29. The molecule has 0 radical (unpaired) electrons. The molecule has 3 heterocycles. The Hall–Kier alpha value is -1.83. The molecule has 0 saturated carbocycles. The largest absolute Gasteiger partial charge is 0.497 e. The highest BCUT2D eigenvalue weighted by Gasteiger charge is 2.52. The van der Waals surface area contributed by atoms with E-state index in [-0.39, 0.29) is 36.2 Å². The van der Waals surface area contributed by atoms with Crippen LogP contribution in [0, 0.1) is 11.8 Å². The van der Waals surface area contributed by atoms with E-state index in [2.05, 4.69) is 5.32 Å². The first-order valence-corrected chi connectivity index (χ1v) is 10.5. The highest BCUT2D eigenvalue weighted by Crippen LogP contribution is 2.46.